The Morgan fingerprint density at radius 2 is 1.43 bits per heavy atom. The highest BCUT2D eigenvalue weighted by atomic mass is 35.5. The number of benzene rings is 3. The highest BCUT2D eigenvalue weighted by Crippen LogP contribution is 2.29. The van der Waals surface area contributed by atoms with Gasteiger partial charge in [0.15, 0.2) is 0 Å². The predicted molar refractivity (Wildman–Crippen MR) is 93.2 cm³/mol. The van der Waals surface area contributed by atoms with E-state index < -0.39 is 0 Å². The molecule has 0 unspecified atom stereocenters. The van der Waals surface area contributed by atoms with Crippen LogP contribution in [0.2, 0.25) is 5.02 Å². The summed E-state index contributed by atoms with van der Waals surface area (Å²) in [7, 11) is 0. The normalized spacial score (nSPS) is 10.3. The van der Waals surface area contributed by atoms with Gasteiger partial charge in [0.2, 0.25) is 0 Å². The van der Waals surface area contributed by atoms with E-state index in [9.17, 15) is 0 Å². The SMILES string of the molecule is Nc1ccc(Oc2ccc(OCc3ccccc3)cc2)cc1Cl. The molecule has 0 radical (unpaired) electrons. The van der Waals surface area contributed by atoms with Crippen molar-refractivity contribution in [1.29, 1.82) is 0 Å². The molecule has 4 heteroatoms. The average molecular weight is 326 g/mol. The van der Waals surface area contributed by atoms with Crippen molar-refractivity contribution < 1.29 is 9.47 Å². The molecule has 3 nitrogen and oxygen atoms in total. The van der Waals surface area contributed by atoms with Crippen LogP contribution in [-0.2, 0) is 6.61 Å². The van der Waals surface area contributed by atoms with Crippen LogP contribution in [0.5, 0.6) is 17.2 Å². The maximum atomic E-state index is 5.98. The maximum absolute atomic E-state index is 5.98. The quantitative estimate of drug-likeness (QED) is 0.648. The van der Waals surface area contributed by atoms with Gasteiger partial charge in [0.1, 0.15) is 23.9 Å². The Morgan fingerprint density at radius 3 is 2.13 bits per heavy atom. The zero-order valence-electron chi connectivity index (χ0n) is 12.4. The molecular weight excluding hydrogens is 310 g/mol. The van der Waals surface area contributed by atoms with Crippen molar-refractivity contribution >= 4 is 17.3 Å². The monoisotopic (exact) mass is 325 g/mol. The van der Waals surface area contributed by atoms with Gasteiger partial charge in [-0.1, -0.05) is 41.9 Å². The molecule has 116 valence electrons. The van der Waals surface area contributed by atoms with E-state index in [1.807, 2.05) is 54.6 Å². The Labute approximate surface area is 140 Å². The second-order valence-electron chi connectivity index (χ2n) is 5.03. The second-order valence-corrected chi connectivity index (χ2v) is 5.44. The van der Waals surface area contributed by atoms with E-state index in [2.05, 4.69) is 0 Å². The minimum Gasteiger partial charge on any atom is -0.489 e. The molecule has 0 aliphatic heterocycles. The number of ether oxygens (including phenoxy) is 2. The van der Waals surface area contributed by atoms with E-state index in [0.717, 1.165) is 11.3 Å². The standard InChI is InChI=1S/C19H16ClNO2/c20-18-12-17(10-11-19(18)21)23-16-8-6-15(7-9-16)22-13-14-4-2-1-3-5-14/h1-12H,13,21H2. The molecule has 0 aliphatic rings. The lowest BCUT2D eigenvalue weighted by atomic mass is 10.2. The van der Waals surface area contributed by atoms with E-state index in [1.54, 1.807) is 18.2 Å². The molecule has 0 aliphatic carbocycles. The summed E-state index contributed by atoms with van der Waals surface area (Å²) in [6.45, 7) is 0.536. The van der Waals surface area contributed by atoms with Crippen LogP contribution in [0, 0.1) is 0 Å². The van der Waals surface area contributed by atoms with E-state index in [4.69, 9.17) is 26.8 Å². The fourth-order valence-electron chi connectivity index (χ4n) is 2.05. The van der Waals surface area contributed by atoms with Crippen LogP contribution in [0.15, 0.2) is 72.8 Å². The van der Waals surface area contributed by atoms with Gasteiger partial charge in [0, 0.05) is 6.07 Å². The van der Waals surface area contributed by atoms with Crippen molar-refractivity contribution in [3.63, 3.8) is 0 Å². The molecular formula is C19H16ClNO2. The van der Waals surface area contributed by atoms with Crippen LogP contribution in [0.4, 0.5) is 5.69 Å². The molecule has 0 amide bonds. The van der Waals surface area contributed by atoms with Crippen LogP contribution in [-0.4, -0.2) is 0 Å². The highest BCUT2D eigenvalue weighted by molar-refractivity contribution is 6.33. The summed E-state index contributed by atoms with van der Waals surface area (Å²) in [6, 6.07) is 22.7. The Bertz CT molecular complexity index is 773. The molecule has 23 heavy (non-hydrogen) atoms. The van der Waals surface area contributed by atoms with Crippen LogP contribution in [0.1, 0.15) is 5.56 Å². The summed E-state index contributed by atoms with van der Waals surface area (Å²) in [4.78, 5) is 0. The molecule has 0 heterocycles. The largest absolute Gasteiger partial charge is 0.489 e. The second kappa shape index (κ2) is 7.07. The zero-order valence-corrected chi connectivity index (χ0v) is 13.2. The number of halogens is 1. The van der Waals surface area contributed by atoms with Crippen molar-refractivity contribution in [1.82, 2.24) is 0 Å². The number of nitrogens with two attached hydrogens (primary N) is 1. The van der Waals surface area contributed by atoms with E-state index in [1.165, 1.54) is 0 Å². The van der Waals surface area contributed by atoms with Gasteiger partial charge in [-0.05, 0) is 42.0 Å². The Hall–Kier alpha value is -2.65. The lowest BCUT2D eigenvalue weighted by molar-refractivity contribution is 0.306. The van der Waals surface area contributed by atoms with Crippen molar-refractivity contribution in [3.05, 3.63) is 83.4 Å². The van der Waals surface area contributed by atoms with Gasteiger partial charge in [0.05, 0.1) is 10.7 Å². The third-order valence-corrected chi connectivity index (χ3v) is 3.61. The smallest absolute Gasteiger partial charge is 0.129 e. The van der Waals surface area contributed by atoms with Gasteiger partial charge < -0.3 is 15.2 Å². The van der Waals surface area contributed by atoms with Gasteiger partial charge in [0.25, 0.3) is 0 Å². The lowest BCUT2D eigenvalue weighted by Gasteiger charge is -2.09. The fraction of sp³-hybridized carbons (Fsp3) is 0.0526. The summed E-state index contributed by atoms with van der Waals surface area (Å²) in [5.41, 5.74) is 7.34. The molecule has 2 N–H and O–H groups in total. The summed E-state index contributed by atoms with van der Waals surface area (Å²) < 4.78 is 11.5. The minimum absolute atomic E-state index is 0.477. The van der Waals surface area contributed by atoms with Crippen LogP contribution in [0.3, 0.4) is 0 Å². The molecule has 0 fully saturated rings. The molecule has 0 bridgehead atoms. The van der Waals surface area contributed by atoms with Crippen molar-refractivity contribution in [2.75, 3.05) is 5.73 Å². The van der Waals surface area contributed by atoms with Crippen molar-refractivity contribution in [3.8, 4) is 17.2 Å². The van der Waals surface area contributed by atoms with E-state index >= 15 is 0 Å². The van der Waals surface area contributed by atoms with E-state index in [-0.39, 0.29) is 0 Å². The Balaban J connectivity index is 1.61. The summed E-state index contributed by atoms with van der Waals surface area (Å²) in [5, 5.41) is 0.477. The summed E-state index contributed by atoms with van der Waals surface area (Å²) >= 11 is 5.98. The van der Waals surface area contributed by atoms with Gasteiger partial charge in [-0.2, -0.15) is 0 Å². The first-order valence-electron chi connectivity index (χ1n) is 7.20. The predicted octanol–water partition coefficient (Wildman–Crippen LogP) is 5.29. The topological polar surface area (TPSA) is 44.5 Å². The number of hydrogen-bond donors (Lipinski definition) is 1. The maximum Gasteiger partial charge on any atom is 0.129 e. The third kappa shape index (κ3) is 4.18. The third-order valence-electron chi connectivity index (χ3n) is 3.28. The van der Waals surface area contributed by atoms with Gasteiger partial charge in [-0.25, -0.2) is 0 Å². The molecule has 0 saturated heterocycles. The van der Waals surface area contributed by atoms with E-state index in [0.29, 0.717) is 28.8 Å². The molecule has 0 aromatic heterocycles. The minimum atomic E-state index is 0.477. The molecule has 3 aromatic rings. The Kier molecular flexibility index (Phi) is 4.69. The first-order valence-corrected chi connectivity index (χ1v) is 7.58. The Morgan fingerprint density at radius 1 is 0.783 bits per heavy atom. The number of rotatable bonds is 5. The molecule has 0 spiro atoms. The molecule has 0 atom stereocenters. The van der Waals surface area contributed by atoms with Crippen LogP contribution in [0.25, 0.3) is 0 Å². The van der Waals surface area contributed by atoms with Crippen molar-refractivity contribution in [2.24, 2.45) is 0 Å². The first kappa shape index (κ1) is 15.3. The molecule has 3 aromatic carbocycles. The van der Waals surface area contributed by atoms with Gasteiger partial charge >= 0.3 is 0 Å². The fourth-order valence-corrected chi connectivity index (χ4v) is 2.22. The highest BCUT2D eigenvalue weighted by Gasteiger charge is 2.02. The van der Waals surface area contributed by atoms with Crippen LogP contribution >= 0.6 is 11.6 Å². The number of anilines is 1. The zero-order chi connectivity index (χ0) is 16.1. The summed E-state index contributed by atoms with van der Waals surface area (Å²) in [6.07, 6.45) is 0. The number of nitrogen functional groups attached to an aromatic ring is 1. The number of hydrogen-bond acceptors (Lipinski definition) is 3. The lowest BCUT2D eigenvalue weighted by Crippen LogP contribution is -1.94. The van der Waals surface area contributed by atoms with Crippen molar-refractivity contribution in [2.45, 2.75) is 6.61 Å². The average Bonchev–Trinajstić information content (AvgIpc) is 2.58. The summed E-state index contributed by atoms with van der Waals surface area (Å²) in [5.74, 6) is 2.14. The van der Waals surface area contributed by atoms with Gasteiger partial charge in [-0.15, -0.1) is 0 Å². The molecule has 3 rings (SSSR count). The van der Waals surface area contributed by atoms with Crippen LogP contribution < -0.4 is 15.2 Å². The molecule has 0 saturated carbocycles. The first-order chi connectivity index (χ1) is 11.2. The van der Waals surface area contributed by atoms with Gasteiger partial charge in [-0.3, -0.25) is 0 Å².